The zero-order valence-electron chi connectivity index (χ0n) is 15.8. The first-order valence-electron chi connectivity index (χ1n) is 9.59. The van der Waals surface area contributed by atoms with E-state index in [4.69, 9.17) is 4.42 Å². The van der Waals surface area contributed by atoms with Gasteiger partial charge in [-0.3, -0.25) is 9.79 Å². The van der Waals surface area contributed by atoms with Gasteiger partial charge in [0.25, 0.3) is 0 Å². The largest absolute Gasteiger partial charge is 0.469 e. The number of carbonyl (C=O) groups excluding carboxylic acids is 1. The quantitative estimate of drug-likeness (QED) is 0.222. The van der Waals surface area contributed by atoms with Gasteiger partial charge in [0, 0.05) is 39.0 Å². The highest BCUT2D eigenvalue weighted by Gasteiger charge is 2.16. The van der Waals surface area contributed by atoms with Gasteiger partial charge in [0.15, 0.2) is 5.96 Å². The third-order valence-corrected chi connectivity index (χ3v) is 4.49. The van der Waals surface area contributed by atoms with E-state index in [2.05, 4.69) is 20.9 Å². The number of rotatable bonds is 9. The Kier molecular flexibility index (Phi) is 12.2. The fraction of sp³-hybridized carbons (Fsp3) is 0.684. The Morgan fingerprint density at radius 2 is 1.96 bits per heavy atom. The number of hydrogen-bond acceptors (Lipinski definition) is 3. The van der Waals surface area contributed by atoms with Crippen LogP contribution >= 0.6 is 24.0 Å². The average molecular weight is 476 g/mol. The van der Waals surface area contributed by atoms with E-state index in [9.17, 15) is 4.79 Å². The van der Waals surface area contributed by atoms with Crippen molar-refractivity contribution in [1.82, 2.24) is 16.0 Å². The SMILES string of the molecule is CCNC(=NCCc1ccco1)NCCNC(=O)CC1CCCCC1.I. The van der Waals surface area contributed by atoms with Crippen molar-refractivity contribution in [3.8, 4) is 0 Å². The Labute approximate surface area is 174 Å². The van der Waals surface area contributed by atoms with Gasteiger partial charge in [-0.1, -0.05) is 19.3 Å². The molecule has 7 heteroatoms. The zero-order chi connectivity index (χ0) is 17.7. The van der Waals surface area contributed by atoms with Crippen molar-refractivity contribution >= 4 is 35.8 Å². The lowest BCUT2D eigenvalue weighted by molar-refractivity contribution is -0.122. The molecule has 3 N–H and O–H groups in total. The van der Waals surface area contributed by atoms with Crippen molar-refractivity contribution in [1.29, 1.82) is 0 Å². The Hall–Kier alpha value is -1.25. The third kappa shape index (κ3) is 9.45. The Morgan fingerprint density at radius 3 is 2.65 bits per heavy atom. The van der Waals surface area contributed by atoms with Crippen molar-refractivity contribution < 1.29 is 9.21 Å². The fourth-order valence-electron chi connectivity index (χ4n) is 3.18. The second-order valence-corrected chi connectivity index (χ2v) is 6.57. The van der Waals surface area contributed by atoms with Crippen LogP contribution in [-0.2, 0) is 11.2 Å². The number of hydrogen-bond donors (Lipinski definition) is 3. The molecule has 0 radical (unpaired) electrons. The van der Waals surface area contributed by atoms with Crippen molar-refractivity contribution in [2.24, 2.45) is 10.9 Å². The van der Waals surface area contributed by atoms with Crippen molar-refractivity contribution in [2.45, 2.75) is 51.9 Å². The van der Waals surface area contributed by atoms with Crippen LogP contribution in [-0.4, -0.2) is 38.0 Å². The number of furan rings is 1. The summed E-state index contributed by atoms with van der Waals surface area (Å²) in [5, 5.41) is 9.47. The standard InChI is InChI=1S/C19H32N4O2.HI/c1-2-20-19(22-11-10-17-9-6-14-25-17)23-13-12-21-18(24)15-16-7-4-3-5-8-16;/h6,9,14,16H,2-5,7-8,10-13,15H2,1H3,(H,21,24)(H2,20,22,23);1H. The number of amides is 1. The molecule has 0 unspecified atom stereocenters. The third-order valence-electron chi connectivity index (χ3n) is 4.49. The predicted octanol–water partition coefficient (Wildman–Crippen LogP) is 3.08. The first-order chi connectivity index (χ1) is 12.3. The maximum Gasteiger partial charge on any atom is 0.220 e. The van der Waals surface area contributed by atoms with E-state index in [0.717, 1.165) is 24.7 Å². The monoisotopic (exact) mass is 476 g/mol. The first-order valence-corrected chi connectivity index (χ1v) is 9.59. The maximum absolute atomic E-state index is 12.0. The Morgan fingerprint density at radius 1 is 1.19 bits per heavy atom. The summed E-state index contributed by atoms with van der Waals surface area (Å²) in [6.45, 7) is 4.80. The van der Waals surface area contributed by atoms with E-state index < -0.39 is 0 Å². The molecule has 2 rings (SSSR count). The van der Waals surface area contributed by atoms with E-state index in [1.54, 1.807) is 6.26 Å². The van der Waals surface area contributed by atoms with Gasteiger partial charge >= 0.3 is 0 Å². The molecule has 0 bridgehead atoms. The number of carbonyl (C=O) groups is 1. The minimum absolute atomic E-state index is 0. The Bertz CT molecular complexity index is 514. The van der Waals surface area contributed by atoms with Crippen LogP contribution in [0.1, 0.15) is 51.2 Å². The number of aliphatic imine (C=N–C) groups is 1. The summed E-state index contributed by atoms with van der Waals surface area (Å²) in [4.78, 5) is 16.5. The number of nitrogens with one attached hydrogen (secondary N) is 3. The summed E-state index contributed by atoms with van der Waals surface area (Å²) in [6, 6.07) is 3.84. The molecule has 1 aromatic rings. The zero-order valence-corrected chi connectivity index (χ0v) is 18.1. The molecule has 1 amide bonds. The molecule has 0 aromatic carbocycles. The molecule has 6 nitrogen and oxygen atoms in total. The van der Waals surface area contributed by atoms with Gasteiger partial charge in [-0.2, -0.15) is 0 Å². The van der Waals surface area contributed by atoms with Crippen LogP contribution in [0.4, 0.5) is 0 Å². The van der Waals surface area contributed by atoms with Crippen molar-refractivity contribution in [3.63, 3.8) is 0 Å². The molecule has 0 atom stereocenters. The molecule has 1 heterocycles. The molecule has 0 aliphatic heterocycles. The average Bonchev–Trinajstić information content (AvgIpc) is 3.13. The smallest absolute Gasteiger partial charge is 0.220 e. The lowest BCUT2D eigenvalue weighted by Gasteiger charge is -2.20. The molecule has 26 heavy (non-hydrogen) atoms. The lowest BCUT2D eigenvalue weighted by atomic mass is 9.87. The normalized spacial score (nSPS) is 15.2. The molecular formula is C19H33IN4O2. The van der Waals surface area contributed by atoms with Crippen LogP contribution < -0.4 is 16.0 Å². The second kappa shape index (κ2) is 13.9. The van der Waals surface area contributed by atoms with Crippen LogP contribution in [0.15, 0.2) is 27.8 Å². The van der Waals surface area contributed by atoms with Crippen LogP contribution in [0.5, 0.6) is 0 Å². The Balaban J connectivity index is 0.00000338. The fourth-order valence-corrected chi connectivity index (χ4v) is 3.18. The highest BCUT2D eigenvalue weighted by atomic mass is 127. The molecule has 0 spiro atoms. The minimum atomic E-state index is 0. The van der Waals surface area contributed by atoms with Crippen LogP contribution in [0.25, 0.3) is 0 Å². The van der Waals surface area contributed by atoms with Gasteiger partial charge in [0.2, 0.25) is 5.91 Å². The summed E-state index contributed by atoms with van der Waals surface area (Å²) in [5.41, 5.74) is 0. The molecule has 148 valence electrons. The van der Waals surface area contributed by atoms with Crippen LogP contribution in [0.2, 0.25) is 0 Å². The first kappa shape index (κ1) is 22.8. The van der Waals surface area contributed by atoms with Gasteiger partial charge in [0.05, 0.1) is 6.26 Å². The summed E-state index contributed by atoms with van der Waals surface area (Å²) in [6.07, 6.45) is 9.43. The molecule has 1 aliphatic carbocycles. The number of guanidine groups is 1. The van der Waals surface area contributed by atoms with Gasteiger partial charge in [-0.05, 0) is 37.8 Å². The highest BCUT2D eigenvalue weighted by Crippen LogP contribution is 2.25. The maximum atomic E-state index is 12.0. The van der Waals surface area contributed by atoms with E-state index in [1.807, 2.05) is 19.1 Å². The van der Waals surface area contributed by atoms with E-state index in [-0.39, 0.29) is 29.9 Å². The van der Waals surface area contributed by atoms with Crippen molar-refractivity contribution in [3.05, 3.63) is 24.2 Å². The number of nitrogens with zero attached hydrogens (tertiary/aromatic N) is 1. The summed E-state index contributed by atoms with van der Waals surface area (Å²) >= 11 is 0. The molecule has 1 aliphatic rings. The van der Waals surface area contributed by atoms with Gasteiger partial charge in [-0.25, -0.2) is 0 Å². The molecule has 0 saturated heterocycles. The second-order valence-electron chi connectivity index (χ2n) is 6.57. The molecule has 1 fully saturated rings. The summed E-state index contributed by atoms with van der Waals surface area (Å²) in [7, 11) is 0. The lowest BCUT2D eigenvalue weighted by Crippen LogP contribution is -2.41. The minimum Gasteiger partial charge on any atom is -0.469 e. The molecule has 1 saturated carbocycles. The summed E-state index contributed by atoms with van der Waals surface area (Å²) in [5.74, 6) is 2.47. The van der Waals surface area contributed by atoms with E-state index >= 15 is 0 Å². The molecular weight excluding hydrogens is 443 g/mol. The predicted molar refractivity (Wildman–Crippen MR) is 116 cm³/mol. The van der Waals surface area contributed by atoms with Gasteiger partial charge < -0.3 is 20.4 Å². The number of halogens is 1. The van der Waals surface area contributed by atoms with Crippen molar-refractivity contribution in [2.75, 3.05) is 26.2 Å². The van der Waals surface area contributed by atoms with Crippen LogP contribution in [0, 0.1) is 5.92 Å². The van der Waals surface area contributed by atoms with Gasteiger partial charge in [0.1, 0.15) is 5.76 Å². The molecule has 1 aromatic heterocycles. The summed E-state index contributed by atoms with van der Waals surface area (Å²) < 4.78 is 5.30. The van der Waals surface area contributed by atoms with Crippen LogP contribution in [0.3, 0.4) is 0 Å². The highest BCUT2D eigenvalue weighted by molar-refractivity contribution is 14.0. The van der Waals surface area contributed by atoms with E-state index in [1.165, 1.54) is 32.1 Å². The van der Waals surface area contributed by atoms with Gasteiger partial charge in [-0.15, -0.1) is 24.0 Å². The topological polar surface area (TPSA) is 78.7 Å². The van der Waals surface area contributed by atoms with E-state index in [0.29, 0.717) is 32.0 Å².